The van der Waals surface area contributed by atoms with Crippen LogP contribution in [0.4, 0.5) is 0 Å². The van der Waals surface area contributed by atoms with Gasteiger partial charge in [-0.15, -0.1) is 0 Å². The molecular formula is C9H21NO3Si. The van der Waals surface area contributed by atoms with E-state index in [-0.39, 0.29) is 0 Å². The molecule has 1 saturated heterocycles. The Labute approximate surface area is 87.6 Å². The van der Waals surface area contributed by atoms with Crippen molar-refractivity contribution in [3.8, 4) is 0 Å². The molecule has 0 aromatic rings. The Morgan fingerprint density at radius 2 is 1.36 bits per heavy atom. The first-order valence-electron chi connectivity index (χ1n) is 5.46. The fourth-order valence-corrected chi connectivity index (χ4v) is 4.29. The molecule has 1 fully saturated rings. The molecule has 0 bridgehead atoms. The lowest BCUT2D eigenvalue weighted by Crippen LogP contribution is -2.65. The molecule has 0 atom stereocenters. The molecule has 0 saturated carbocycles. The minimum Gasteiger partial charge on any atom is -0.361 e. The number of hydrogen-bond acceptors (Lipinski definition) is 4. The van der Waals surface area contributed by atoms with Gasteiger partial charge in [0.05, 0.1) is 0 Å². The summed E-state index contributed by atoms with van der Waals surface area (Å²) in [7, 11) is -2.48. The van der Waals surface area contributed by atoms with Crippen molar-refractivity contribution < 1.29 is 13.3 Å². The van der Waals surface area contributed by atoms with Crippen molar-refractivity contribution >= 4 is 8.97 Å². The lowest BCUT2D eigenvalue weighted by molar-refractivity contribution is 0.000155. The first kappa shape index (κ1) is 12.1. The zero-order valence-corrected chi connectivity index (χ0v) is 10.4. The van der Waals surface area contributed by atoms with Crippen LogP contribution < -0.4 is 0 Å². The second-order valence-electron chi connectivity index (χ2n) is 3.16. The molecule has 0 amide bonds. The first-order valence-corrected chi connectivity index (χ1v) is 7.13. The monoisotopic (exact) mass is 219 g/mol. The standard InChI is InChI=1S/C9H21NO3Si/c1-4-11-14(12-5-2,13-6-3)10-8-7-9-10/h4-9H2,1-3H3. The quantitative estimate of drug-likeness (QED) is 0.603. The largest absolute Gasteiger partial charge is 0.599 e. The van der Waals surface area contributed by atoms with E-state index in [1.807, 2.05) is 20.8 Å². The number of hydrogen-bond donors (Lipinski definition) is 0. The Balaban J connectivity index is 2.60. The summed E-state index contributed by atoms with van der Waals surface area (Å²) in [6, 6.07) is 0. The van der Waals surface area contributed by atoms with Crippen molar-refractivity contribution in [1.82, 2.24) is 4.57 Å². The zero-order valence-electron chi connectivity index (χ0n) is 9.41. The molecule has 1 rings (SSSR count). The van der Waals surface area contributed by atoms with Gasteiger partial charge in [-0.3, -0.25) is 4.57 Å². The third-order valence-corrected chi connectivity index (χ3v) is 5.41. The highest BCUT2D eigenvalue weighted by molar-refractivity contribution is 6.57. The summed E-state index contributed by atoms with van der Waals surface area (Å²) < 4.78 is 19.4. The van der Waals surface area contributed by atoms with Gasteiger partial charge in [-0.2, -0.15) is 0 Å². The predicted octanol–water partition coefficient (Wildman–Crippen LogP) is 1.24. The Bertz CT molecular complexity index is 147. The van der Waals surface area contributed by atoms with E-state index in [1.165, 1.54) is 6.42 Å². The van der Waals surface area contributed by atoms with E-state index in [2.05, 4.69) is 4.57 Å². The third-order valence-electron chi connectivity index (χ3n) is 2.22. The maximum absolute atomic E-state index is 5.73. The van der Waals surface area contributed by atoms with E-state index in [9.17, 15) is 0 Å². The van der Waals surface area contributed by atoms with Gasteiger partial charge in [-0.1, -0.05) is 0 Å². The second kappa shape index (κ2) is 5.82. The minimum absolute atomic E-state index is 0.655. The van der Waals surface area contributed by atoms with Crippen LogP contribution >= 0.6 is 0 Å². The molecule has 1 heterocycles. The summed E-state index contributed by atoms with van der Waals surface area (Å²) in [6.45, 7) is 10.0. The third kappa shape index (κ3) is 2.55. The van der Waals surface area contributed by atoms with Crippen molar-refractivity contribution in [2.45, 2.75) is 27.2 Å². The van der Waals surface area contributed by atoms with Gasteiger partial charge in [0.25, 0.3) is 0 Å². The molecule has 1 aliphatic rings. The molecule has 84 valence electrons. The highest BCUT2D eigenvalue weighted by atomic mass is 28.4. The van der Waals surface area contributed by atoms with Crippen LogP contribution in [0, 0.1) is 0 Å². The van der Waals surface area contributed by atoms with Crippen LogP contribution in [0.3, 0.4) is 0 Å². The fourth-order valence-electron chi connectivity index (χ4n) is 1.54. The Hall–Kier alpha value is 0.0569. The number of rotatable bonds is 7. The van der Waals surface area contributed by atoms with Crippen molar-refractivity contribution in [3.63, 3.8) is 0 Å². The average molecular weight is 219 g/mol. The topological polar surface area (TPSA) is 30.9 Å². The van der Waals surface area contributed by atoms with Crippen LogP contribution in [0.5, 0.6) is 0 Å². The lowest BCUT2D eigenvalue weighted by atomic mass is 10.3. The van der Waals surface area contributed by atoms with Crippen molar-refractivity contribution in [3.05, 3.63) is 0 Å². The molecule has 0 radical (unpaired) electrons. The minimum atomic E-state index is -2.48. The Kier molecular flexibility index (Phi) is 5.04. The Morgan fingerprint density at radius 3 is 1.57 bits per heavy atom. The highest BCUT2D eigenvalue weighted by Gasteiger charge is 2.50. The summed E-state index contributed by atoms with van der Waals surface area (Å²) >= 11 is 0. The van der Waals surface area contributed by atoms with Crippen LogP contribution in [0.2, 0.25) is 0 Å². The van der Waals surface area contributed by atoms with Crippen LogP contribution in [-0.2, 0) is 13.3 Å². The predicted molar refractivity (Wildman–Crippen MR) is 56.8 cm³/mol. The van der Waals surface area contributed by atoms with Crippen LogP contribution in [0.25, 0.3) is 0 Å². The Morgan fingerprint density at radius 1 is 0.929 bits per heavy atom. The summed E-state index contributed by atoms with van der Waals surface area (Å²) in [6.07, 6.45) is 1.22. The van der Waals surface area contributed by atoms with E-state index < -0.39 is 8.97 Å². The van der Waals surface area contributed by atoms with Gasteiger partial charge in [0.2, 0.25) is 0 Å². The first-order chi connectivity index (χ1) is 6.79. The summed E-state index contributed by atoms with van der Waals surface area (Å²) in [5.74, 6) is 0. The van der Waals surface area contributed by atoms with E-state index >= 15 is 0 Å². The normalized spacial score (nSPS) is 18.2. The van der Waals surface area contributed by atoms with Gasteiger partial charge in [-0.05, 0) is 40.3 Å². The van der Waals surface area contributed by atoms with E-state index in [0.717, 1.165) is 13.1 Å². The molecule has 14 heavy (non-hydrogen) atoms. The SMILES string of the molecule is CCO[Si](OCC)(OCC)N1CCC1. The average Bonchev–Trinajstić information content (AvgIpc) is 2.02. The van der Waals surface area contributed by atoms with E-state index in [0.29, 0.717) is 19.8 Å². The smallest absolute Gasteiger partial charge is 0.361 e. The fraction of sp³-hybridized carbons (Fsp3) is 1.00. The van der Waals surface area contributed by atoms with Crippen molar-refractivity contribution in [2.24, 2.45) is 0 Å². The van der Waals surface area contributed by atoms with Gasteiger partial charge < -0.3 is 13.3 Å². The summed E-state index contributed by atoms with van der Waals surface area (Å²) in [5.41, 5.74) is 0. The van der Waals surface area contributed by atoms with E-state index in [4.69, 9.17) is 13.3 Å². The second-order valence-corrected chi connectivity index (χ2v) is 5.71. The molecule has 0 aliphatic carbocycles. The molecular weight excluding hydrogens is 198 g/mol. The van der Waals surface area contributed by atoms with Crippen molar-refractivity contribution in [2.75, 3.05) is 32.9 Å². The van der Waals surface area contributed by atoms with Gasteiger partial charge in [0.1, 0.15) is 0 Å². The molecule has 0 aromatic carbocycles. The van der Waals surface area contributed by atoms with Gasteiger partial charge in [0.15, 0.2) is 0 Å². The molecule has 5 heteroatoms. The zero-order chi connectivity index (χ0) is 10.4. The van der Waals surface area contributed by atoms with Gasteiger partial charge in [-0.25, -0.2) is 0 Å². The molecule has 0 spiro atoms. The molecule has 1 aliphatic heterocycles. The van der Waals surface area contributed by atoms with Crippen LogP contribution in [0.1, 0.15) is 27.2 Å². The van der Waals surface area contributed by atoms with Gasteiger partial charge >= 0.3 is 8.97 Å². The summed E-state index contributed by atoms with van der Waals surface area (Å²) in [4.78, 5) is 0. The molecule has 4 nitrogen and oxygen atoms in total. The van der Waals surface area contributed by atoms with Gasteiger partial charge in [0, 0.05) is 19.8 Å². The maximum Gasteiger partial charge on any atom is 0.599 e. The molecule has 0 N–H and O–H groups in total. The lowest BCUT2D eigenvalue weighted by Gasteiger charge is -2.42. The maximum atomic E-state index is 5.73. The summed E-state index contributed by atoms with van der Waals surface area (Å²) in [5, 5.41) is 0. The van der Waals surface area contributed by atoms with E-state index in [1.54, 1.807) is 0 Å². The number of nitrogens with zero attached hydrogens (tertiary/aromatic N) is 1. The highest BCUT2D eigenvalue weighted by Crippen LogP contribution is 2.21. The molecule has 0 unspecified atom stereocenters. The van der Waals surface area contributed by atoms with Crippen molar-refractivity contribution in [1.29, 1.82) is 0 Å². The van der Waals surface area contributed by atoms with Crippen LogP contribution in [-0.4, -0.2) is 46.4 Å². The molecule has 0 aromatic heterocycles. The van der Waals surface area contributed by atoms with Crippen LogP contribution in [0.15, 0.2) is 0 Å².